The summed E-state index contributed by atoms with van der Waals surface area (Å²) in [5, 5.41) is 4.36. The number of aromatic nitrogens is 2. The molecule has 3 heterocycles. The minimum absolute atomic E-state index is 0.145. The third-order valence-electron chi connectivity index (χ3n) is 4.53. The van der Waals surface area contributed by atoms with E-state index in [2.05, 4.69) is 16.2 Å². The molecule has 0 bridgehead atoms. The molecule has 0 radical (unpaired) electrons. The van der Waals surface area contributed by atoms with Crippen molar-refractivity contribution in [2.24, 2.45) is 0 Å². The van der Waals surface area contributed by atoms with Crippen LogP contribution in [0.2, 0.25) is 0 Å². The number of likely N-dealkylation sites (tertiary alicyclic amines) is 1. The van der Waals surface area contributed by atoms with Gasteiger partial charge in [0.2, 0.25) is 5.91 Å². The maximum Gasteiger partial charge on any atom is 0.225 e. The predicted octanol–water partition coefficient (Wildman–Crippen LogP) is 2.14. The summed E-state index contributed by atoms with van der Waals surface area (Å²) in [5.74, 6) is 0.260. The Hall–Kier alpha value is -1.36. The largest absolute Gasteiger partial charge is 0.378 e. The van der Waals surface area contributed by atoms with Crippen molar-refractivity contribution in [3.63, 3.8) is 0 Å². The Morgan fingerprint density at radius 3 is 3.00 bits per heavy atom. The lowest BCUT2D eigenvalue weighted by molar-refractivity contribution is -0.137. The van der Waals surface area contributed by atoms with Crippen LogP contribution in [0, 0.1) is 6.92 Å². The number of hydrogen-bond donors (Lipinski definition) is 0. The molecule has 0 saturated carbocycles. The normalized spacial score (nSPS) is 26.2. The van der Waals surface area contributed by atoms with Gasteiger partial charge in [0, 0.05) is 19.3 Å². The summed E-state index contributed by atoms with van der Waals surface area (Å²) in [7, 11) is 0. The second kappa shape index (κ2) is 6.60. The van der Waals surface area contributed by atoms with Crippen LogP contribution in [-0.2, 0) is 16.1 Å². The molecule has 0 spiro atoms. The van der Waals surface area contributed by atoms with Gasteiger partial charge < -0.3 is 9.64 Å². The first-order chi connectivity index (χ1) is 10.2. The predicted molar refractivity (Wildman–Crippen MR) is 79.9 cm³/mol. The lowest BCUT2D eigenvalue weighted by Gasteiger charge is -2.36. The minimum atomic E-state index is 0.145. The minimum Gasteiger partial charge on any atom is -0.378 e. The molecule has 0 aliphatic carbocycles. The Morgan fingerprint density at radius 1 is 1.38 bits per heavy atom. The van der Waals surface area contributed by atoms with Crippen molar-refractivity contribution in [1.29, 1.82) is 0 Å². The number of amides is 1. The molecule has 1 aromatic heterocycles. The van der Waals surface area contributed by atoms with Crippen LogP contribution in [0.25, 0.3) is 0 Å². The van der Waals surface area contributed by atoms with Crippen LogP contribution < -0.4 is 0 Å². The molecule has 1 aromatic rings. The smallest absolute Gasteiger partial charge is 0.225 e. The molecule has 0 aromatic carbocycles. The quantitative estimate of drug-likeness (QED) is 0.854. The van der Waals surface area contributed by atoms with Crippen molar-refractivity contribution in [3.8, 4) is 0 Å². The van der Waals surface area contributed by atoms with Gasteiger partial charge in [-0.15, -0.1) is 0 Å². The van der Waals surface area contributed by atoms with Crippen molar-refractivity contribution < 1.29 is 9.53 Å². The first-order valence-corrected chi connectivity index (χ1v) is 8.12. The first kappa shape index (κ1) is 14.6. The summed E-state index contributed by atoms with van der Waals surface area (Å²) in [4.78, 5) is 14.6. The van der Waals surface area contributed by atoms with E-state index >= 15 is 0 Å². The fraction of sp³-hybridized carbons (Fsp3) is 0.750. The van der Waals surface area contributed by atoms with E-state index < -0.39 is 0 Å². The number of carbonyl (C=O) groups is 1. The molecule has 3 rings (SSSR count). The molecular formula is C16H25N3O2. The summed E-state index contributed by atoms with van der Waals surface area (Å²) in [6.45, 7) is 4.56. The van der Waals surface area contributed by atoms with Gasteiger partial charge in [-0.3, -0.25) is 9.48 Å². The molecule has 2 atom stereocenters. The molecule has 2 unspecified atom stereocenters. The highest BCUT2D eigenvalue weighted by Crippen LogP contribution is 2.22. The zero-order valence-electron chi connectivity index (χ0n) is 12.8. The summed E-state index contributed by atoms with van der Waals surface area (Å²) in [6, 6.07) is 0.284. The van der Waals surface area contributed by atoms with Gasteiger partial charge in [0.1, 0.15) is 0 Å². The lowest BCUT2D eigenvalue weighted by atomic mass is 10.0. The third-order valence-corrected chi connectivity index (χ3v) is 4.53. The number of carbonyl (C=O) groups excluding carboxylic acids is 1. The molecule has 21 heavy (non-hydrogen) atoms. The Kier molecular flexibility index (Phi) is 4.58. The maximum atomic E-state index is 12.6. The summed E-state index contributed by atoms with van der Waals surface area (Å²) >= 11 is 0. The lowest BCUT2D eigenvalue weighted by Crippen LogP contribution is -2.46. The number of aryl methyl sites for hydroxylation is 1. The molecule has 2 fully saturated rings. The van der Waals surface area contributed by atoms with E-state index in [1.807, 2.05) is 17.8 Å². The van der Waals surface area contributed by atoms with Crippen LogP contribution in [0.4, 0.5) is 0 Å². The number of nitrogens with zero attached hydrogens (tertiary/aromatic N) is 3. The Bertz CT molecular complexity index is 480. The first-order valence-electron chi connectivity index (χ1n) is 8.12. The number of hydrogen-bond acceptors (Lipinski definition) is 3. The van der Waals surface area contributed by atoms with E-state index in [0.717, 1.165) is 45.4 Å². The van der Waals surface area contributed by atoms with Gasteiger partial charge in [0.15, 0.2) is 0 Å². The fourth-order valence-electron chi connectivity index (χ4n) is 3.42. The molecule has 5 heteroatoms. The molecule has 1 amide bonds. The van der Waals surface area contributed by atoms with E-state index in [4.69, 9.17) is 4.74 Å². The van der Waals surface area contributed by atoms with Gasteiger partial charge in [-0.1, -0.05) is 0 Å². The molecule has 5 nitrogen and oxygen atoms in total. The van der Waals surface area contributed by atoms with Crippen LogP contribution in [0.1, 0.15) is 44.1 Å². The monoisotopic (exact) mass is 291 g/mol. The average molecular weight is 291 g/mol. The van der Waals surface area contributed by atoms with Gasteiger partial charge in [0.25, 0.3) is 0 Å². The fourth-order valence-corrected chi connectivity index (χ4v) is 3.42. The van der Waals surface area contributed by atoms with Crippen molar-refractivity contribution in [1.82, 2.24) is 14.7 Å². The van der Waals surface area contributed by atoms with Gasteiger partial charge in [-0.2, -0.15) is 5.10 Å². The summed E-state index contributed by atoms with van der Waals surface area (Å²) < 4.78 is 7.58. The second-order valence-electron chi connectivity index (χ2n) is 6.32. The van der Waals surface area contributed by atoms with Crippen LogP contribution in [0.5, 0.6) is 0 Å². The standard InChI is InChI=1S/C16H25N3O2/c1-13-10-17-18(11-13)12-14-5-2-3-7-19(14)16(20)9-15-6-4-8-21-15/h10-11,14-15H,2-9,12H2,1H3. The van der Waals surface area contributed by atoms with E-state index in [0.29, 0.717) is 6.42 Å². The molecular weight excluding hydrogens is 266 g/mol. The van der Waals surface area contributed by atoms with E-state index in [1.54, 1.807) is 0 Å². The zero-order chi connectivity index (χ0) is 14.7. The number of rotatable bonds is 4. The van der Waals surface area contributed by atoms with Gasteiger partial charge in [-0.25, -0.2) is 0 Å². The topological polar surface area (TPSA) is 47.4 Å². The van der Waals surface area contributed by atoms with E-state index in [1.165, 1.54) is 12.0 Å². The Labute approximate surface area is 126 Å². The van der Waals surface area contributed by atoms with Crippen LogP contribution in [0.3, 0.4) is 0 Å². The highest BCUT2D eigenvalue weighted by atomic mass is 16.5. The number of ether oxygens (including phenoxy) is 1. The van der Waals surface area contributed by atoms with Crippen molar-refractivity contribution in [2.45, 2.75) is 64.1 Å². The maximum absolute atomic E-state index is 12.6. The summed E-state index contributed by atoms with van der Waals surface area (Å²) in [5.41, 5.74) is 1.17. The Balaban J connectivity index is 1.61. The SMILES string of the molecule is Cc1cnn(CC2CCCCN2C(=O)CC2CCCO2)c1. The summed E-state index contributed by atoms with van der Waals surface area (Å²) in [6.07, 6.45) is 10.1. The molecule has 2 aliphatic rings. The van der Waals surface area contributed by atoms with E-state index in [9.17, 15) is 4.79 Å². The second-order valence-corrected chi connectivity index (χ2v) is 6.32. The molecule has 2 saturated heterocycles. The van der Waals surface area contributed by atoms with Crippen molar-refractivity contribution in [2.75, 3.05) is 13.2 Å². The van der Waals surface area contributed by atoms with Crippen molar-refractivity contribution in [3.05, 3.63) is 18.0 Å². The van der Waals surface area contributed by atoms with Gasteiger partial charge in [0.05, 0.1) is 31.3 Å². The number of piperidine rings is 1. The molecule has 2 aliphatic heterocycles. The molecule has 0 N–H and O–H groups in total. The zero-order valence-corrected chi connectivity index (χ0v) is 12.8. The van der Waals surface area contributed by atoms with Crippen molar-refractivity contribution >= 4 is 5.91 Å². The van der Waals surface area contributed by atoms with Crippen LogP contribution in [-0.4, -0.2) is 45.9 Å². The van der Waals surface area contributed by atoms with Crippen LogP contribution in [0.15, 0.2) is 12.4 Å². The van der Waals surface area contributed by atoms with Gasteiger partial charge >= 0.3 is 0 Å². The Morgan fingerprint density at radius 2 is 2.29 bits per heavy atom. The van der Waals surface area contributed by atoms with Crippen LogP contribution >= 0.6 is 0 Å². The third kappa shape index (κ3) is 3.64. The highest BCUT2D eigenvalue weighted by Gasteiger charge is 2.29. The molecule has 116 valence electrons. The average Bonchev–Trinajstić information content (AvgIpc) is 3.11. The van der Waals surface area contributed by atoms with Gasteiger partial charge in [-0.05, 0) is 44.6 Å². The van der Waals surface area contributed by atoms with E-state index in [-0.39, 0.29) is 18.1 Å². The highest BCUT2D eigenvalue weighted by molar-refractivity contribution is 5.77.